The van der Waals surface area contributed by atoms with Gasteiger partial charge in [0.25, 0.3) is 0 Å². The van der Waals surface area contributed by atoms with Crippen molar-refractivity contribution in [3.63, 3.8) is 0 Å². The molecule has 0 radical (unpaired) electrons. The van der Waals surface area contributed by atoms with Crippen molar-refractivity contribution in [2.75, 3.05) is 20.4 Å². The highest BCUT2D eigenvalue weighted by molar-refractivity contribution is 7.46. The van der Waals surface area contributed by atoms with E-state index in [-0.39, 0.29) is 5.76 Å². The first-order chi connectivity index (χ1) is 13.8. The summed E-state index contributed by atoms with van der Waals surface area (Å²) in [5, 5.41) is 1.02. The van der Waals surface area contributed by atoms with Crippen molar-refractivity contribution in [3.05, 3.63) is 57.1 Å². The number of methoxy groups -OCH3 is 1. The minimum Gasteiger partial charge on any atom is -0.488 e. The quantitative estimate of drug-likeness (QED) is 0.268. The molecule has 2 heterocycles. The molecule has 1 atom stereocenters. The van der Waals surface area contributed by atoms with Crippen molar-refractivity contribution < 1.29 is 33.1 Å². The number of ether oxygens (including phenoxy) is 2. The van der Waals surface area contributed by atoms with E-state index in [4.69, 9.17) is 30.9 Å². The summed E-state index contributed by atoms with van der Waals surface area (Å²) in [6.07, 6.45) is 0.708. The van der Waals surface area contributed by atoms with Gasteiger partial charge in [0.15, 0.2) is 11.0 Å². The fourth-order valence-corrected chi connectivity index (χ4v) is 4.61. The minimum absolute atomic E-state index is 0.142. The third-order valence-electron chi connectivity index (χ3n) is 4.43. The molecule has 0 fully saturated rings. The van der Waals surface area contributed by atoms with Gasteiger partial charge in [0.2, 0.25) is 12.6 Å². The first kappa shape index (κ1) is 22.0. The number of phosphoric acid groups is 1. The summed E-state index contributed by atoms with van der Waals surface area (Å²) in [6, 6.07) is 8.59. The molecule has 2 aromatic rings. The standard InChI is InChI=1S/C18H19ClNO7PS/c1-25-15(10-21)18(13-4-2-3-5-14(13)19)20-7-6-16-12(9-20)8-17(29-16)26-11-27-28(22,23)24/h2-5,8,18H,6-7,9,11H2,1H3,(H2,22,23,24)/t18-/m0/s1. The van der Waals surface area contributed by atoms with Gasteiger partial charge in [-0.15, -0.1) is 11.3 Å². The lowest BCUT2D eigenvalue weighted by Gasteiger charge is -2.34. The number of phosphoric ester groups is 1. The van der Waals surface area contributed by atoms with Crippen LogP contribution in [0.15, 0.2) is 36.1 Å². The lowest BCUT2D eigenvalue weighted by Crippen LogP contribution is -2.35. The van der Waals surface area contributed by atoms with Crippen molar-refractivity contribution in [1.82, 2.24) is 4.90 Å². The number of nitrogens with zero attached hydrogens (tertiary/aromatic N) is 1. The summed E-state index contributed by atoms with van der Waals surface area (Å²) in [5.41, 5.74) is 1.74. The zero-order valence-electron chi connectivity index (χ0n) is 15.4. The molecule has 11 heteroatoms. The monoisotopic (exact) mass is 459 g/mol. The Labute approximate surface area is 176 Å². The molecule has 0 unspecified atom stereocenters. The van der Waals surface area contributed by atoms with Crippen LogP contribution in [-0.4, -0.2) is 41.1 Å². The van der Waals surface area contributed by atoms with Crippen molar-refractivity contribution in [3.8, 4) is 5.06 Å². The van der Waals surface area contributed by atoms with Gasteiger partial charge in [0.05, 0.1) is 7.11 Å². The summed E-state index contributed by atoms with van der Waals surface area (Å²) < 4.78 is 25.6. The molecule has 3 rings (SSSR count). The lowest BCUT2D eigenvalue weighted by molar-refractivity contribution is 0.0855. The molecule has 156 valence electrons. The fourth-order valence-electron chi connectivity index (χ4n) is 3.18. The van der Waals surface area contributed by atoms with Crippen LogP contribution in [0, 0.1) is 0 Å². The Morgan fingerprint density at radius 3 is 2.83 bits per heavy atom. The van der Waals surface area contributed by atoms with E-state index in [2.05, 4.69) is 9.42 Å². The van der Waals surface area contributed by atoms with Crippen molar-refractivity contribution in [1.29, 1.82) is 0 Å². The largest absolute Gasteiger partial charge is 0.488 e. The van der Waals surface area contributed by atoms with E-state index in [0.29, 0.717) is 29.6 Å². The molecule has 0 saturated carbocycles. The summed E-state index contributed by atoms with van der Waals surface area (Å²) in [6.45, 7) is 0.618. The Morgan fingerprint density at radius 2 is 2.17 bits per heavy atom. The number of carbonyl (C=O) groups excluding carboxylic acids is 1. The zero-order valence-corrected chi connectivity index (χ0v) is 17.9. The van der Waals surface area contributed by atoms with Gasteiger partial charge >= 0.3 is 7.82 Å². The van der Waals surface area contributed by atoms with E-state index in [0.717, 1.165) is 16.0 Å². The van der Waals surface area contributed by atoms with Crippen LogP contribution >= 0.6 is 30.8 Å². The normalized spacial score (nSPS) is 15.3. The highest BCUT2D eigenvalue weighted by Gasteiger charge is 2.32. The molecule has 29 heavy (non-hydrogen) atoms. The van der Waals surface area contributed by atoms with E-state index in [1.807, 2.05) is 24.1 Å². The molecular weight excluding hydrogens is 441 g/mol. The van der Waals surface area contributed by atoms with Crippen molar-refractivity contribution in [2.45, 2.75) is 19.0 Å². The van der Waals surface area contributed by atoms with E-state index >= 15 is 0 Å². The maximum atomic E-state index is 11.5. The third kappa shape index (κ3) is 5.48. The summed E-state index contributed by atoms with van der Waals surface area (Å²) in [5.74, 6) is 2.02. The number of hydrogen-bond acceptors (Lipinski definition) is 7. The molecule has 1 aliphatic heterocycles. The molecule has 0 saturated heterocycles. The zero-order chi connectivity index (χ0) is 21.0. The molecule has 8 nitrogen and oxygen atoms in total. The highest BCUT2D eigenvalue weighted by Crippen LogP contribution is 2.40. The minimum atomic E-state index is -4.58. The smallest absolute Gasteiger partial charge is 0.472 e. The Morgan fingerprint density at radius 1 is 1.41 bits per heavy atom. The number of hydrogen-bond donors (Lipinski definition) is 2. The Kier molecular flexibility index (Phi) is 7.16. The number of rotatable bonds is 8. The second-order valence-corrected chi connectivity index (χ2v) is 8.96. The van der Waals surface area contributed by atoms with Gasteiger partial charge in [-0.3, -0.25) is 4.90 Å². The Balaban J connectivity index is 1.81. The van der Waals surface area contributed by atoms with Gasteiger partial charge in [0, 0.05) is 23.0 Å². The topological polar surface area (TPSA) is 106 Å². The van der Waals surface area contributed by atoms with Crippen molar-refractivity contribution in [2.24, 2.45) is 0 Å². The lowest BCUT2D eigenvalue weighted by atomic mass is 10.00. The van der Waals surface area contributed by atoms with E-state index in [9.17, 15) is 9.36 Å². The van der Waals surface area contributed by atoms with E-state index < -0.39 is 20.7 Å². The molecular formula is C18H19ClNO7PS. The predicted octanol–water partition coefficient (Wildman–Crippen LogP) is 3.31. The number of halogens is 1. The predicted molar refractivity (Wildman–Crippen MR) is 107 cm³/mol. The van der Waals surface area contributed by atoms with Crippen LogP contribution in [0.2, 0.25) is 5.02 Å². The molecule has 0 aliphatic carbocycles. The summed E-state index contributed by atoms with van der Waals surface area (Å²) >= 11 is 7.77. The van der Waals surface area contributed by atoms with Crippen LogP contribution in [-0.2, 0) is 31.6 Å². The molecule has 0 spiro atoms. The number of thiophene rings is 1. The second-order valence-electron chi connectivity index (χ2n) is 6.21. The van der Waals surface area contributed by atoms with Gasteiger partial charge in [-0.1, -0.05) is 29.8 Å². The van der Waals surface area contributed by atoms with Crippen LogP contribution in [0.25, 0.3) is 0 Å². The van der Waals surface area contributed by atoms with Crippen LogP contribution in [0.3, 0.4) is 0 Å². The van der Waals surface area contributed by atoms with Gasteiger partial charge < -0.3 is 19.3 Å². The highest BCUT2D eigenvalue weighted by atomic mass is 35.5. The van der Waals surface area contributed by atoms with Gasteiger partial charge in [-0.25, -0.2) is 13.9 Å². The summed E-state index contributed by atoms with van der Waals surface area (Å²) in [7, 11) is -3.16. The molecule has 1 aliphatic rings. The molecule has 1 aromatic carbocycles. The first-order valence-corrected chi connectivity index (χ1v) is 11.3. The molecule has 2 N–H and O–H groups in total. The van der Waals surface area contributed by atoms with Crippen LogP contribution in [0.5, 0.6) is 5.06 Å². The van der Waals surface area contributed by atoms with Gasteiger partial charge in [-0.2, -0.15) is 0 Å². The van der Waals surface area contributed by atoms with Gasteiger partial charge in [-0.05, 0) is 29.7 Å². The molecule has 0 bridgehead atoms. The third-order valence-corrected chi connectivity index (χ3v) is 6.36. The van der Waals surface area contributed by atoms with Crippen LogP contribution < -0.4 is 4.74 Å². The maximum Gasteiger partial charge on any atom is 0.472 e. The van der Waals surface area contributed by atoms with Crippen molar-refractivity contribution >= 4 is 36.7 Å². The average Bonchev–Trinajstić information content (AvgIpc) is 3.07. The van der Waals surface area contributed by atoms with Crippen LogP contribution in [0.4, 0.5) is 0 Å². The van der Waals surface area contributed by atoms with Crippen LogP contribution in [0.1, 0.15) is 22.0 Å². The summed E-state index contributed by atoms with van der Waals surface area (Å²) in [4.78, 5) is 32.1. The van der Waals surface area contributed by atoms with E-state index in [1.54, 1.807) is 12.1 Å². The Bertz CT molecular complexity index is 969. The number of fused-ring (bicyclic) bond motifs is 1. The fraction of sp³-hybridized carbons (Fsp3) is 0.333. The number of benzene rings is 1. The molecule has 1 aromatic heterocycles. The van der Waals surface area contributed by atoms with E-state index in [1.165, 1.54) is 18.4 Å². The average molecular weight is 460 g/mol. The van der Waals surface area contributed by atoms with Gasteiger partial charge in [0.1, 0.15) is 6.04 Å². The molecule has 0 amide bonds. The Hall–Kier alpha value is -1.67. The maximum absolute atomic E-state index is 11.5. The second kappa shape index (κ2) is 9.43. The first-order valence-electron chi connectivity index (χ1n) is 8.54. The SMILES string of the molecule is COC(=C=O)[C@H](c1ccccc1Cl)N1CCc2sc(OCOP(=O)(O)O)cc2C1.